The second-order valence-corrected chi connectivity index (χ2v) is 22.1. The van der Waals surface area contributed by atoms with Crippen LogP contribution in [0.15, 0.2) is 77.9 Å². The van der Waals surface area contributed by atoms with E-state index in [4.69, 9.17) is 15.2 Å². The number of benzene rings is 4. The van der Waals surface area contributed by atoms with Gasteiger partial charge in [0.1, 0.15) is 6.29 Å². The molecule has 394 valence electrons. The van der Waals surface area contributed by atoms with E-state index in [-0.39, 0.29) is 35.8 Å². The molecule has 0 unspecified atom stereocenters. The predicted octanol–water partition coefficient (Wildman–Crippen LogP) is 6.92. The number of carbonyl (C=O) groups excluding carboxylic acids is 5. The zero-order valence-electron chi connectivity index (χ0n) is 46.0. The highest BCUT2D eigenvalue weighted by molar-refractivity contribution is 6.65. The van der Waals surface area contributed by atoms with Gasteiger partial charge in [-0.05, 0) is 190 Å². The predicted molar refractivity (Wildman–Crippen MR) is 294 cm³/mol. The van der Waals surface area contributed by atoms with Crippen molar-refractivity contribution in [2.45, 2.75) is 159 Å². The van der Waals surface area contributed by atoms with Crippen LogP contribution in [0.1, 0.15) is 177 Å². The number of nitrogens with two attached hydrogens (primary N) is 1. The lowest BCUT2D eigenvalue weighted by molar-refractivity contribution is 0.00578. The summed E-state index contributed by atoms with van der Waals surface area (Å²) in [5.74, 6) is 3.42. The van der Waals surface area contributed by atoms with Gasteiger partial charge in [0.15, 0.2) is 0 Å². The van der Waals surface area contributed by atoms with E-state index in [1.807, 2.05) is 149 Å². The summed E-state index contributed by atoms with van der Waals surface area (Å²) >= 11 is 0. The second-order valence-electron chi connectivity index (χ2n) is 22.1. The van der Waals surface area contributed by atoms with Crippen LogP contribution in [0.4, 0.5) is 0 Å². The van der Waals surface area contributed by atoms with Crippen LogP contribution in [0.2, 0.25) is 0 Å². The van der Waals surface area contributed by atoms with E-state index in [9.17, 15) is 29.0 Å². The Morgan fingerprint density at radius 3 is 1.41 bits per heavy atom. The first-order chi connectivity index (χ1) is 33.2. The second kappa shape index (κ2) is 24.4. The molecule has 1 saturated heterocycles. The number of rotatable bonds is 8. The first-order valence-electron chi connectivity index (χ1n) is 24.2. The number of hydrogen-bond donors (Lipinski definition) is 5. The number of hydrogen-bond acceptors (Lipinski definition) is 12. The van der Waals surface area contributed by atoms with Gasteiger partial charge in [-0.3, -0.25) is 46.1 Å². The molecule has 73 heavy (non-hydrogen) atoms. The monoisotopic (exact) mass is 1020 g/mol. The third kappa shape index (κ3) is 15.6. The van der Waals surface area contributed by atoms with Gasteiger partial charge < -0.3 is 19.3 Å². The van der Waals surface area contributed by atoms with Gasteiger partial charge in [0.2, 0.25) is 0 Å². The summed E-state index contributed by atoms with van der Waals surface area (Å²) in [4.78, 5) is 66.5. The van der Waals surface area contributed by atoms with E-state index in [0.717, 1.165) is 27.8 Å². The molecule has 2 aliphatic rings. The molecule has 19 heteroatoms. The average Bonchev–Trinajstić information content (AvgIpc) is 3.50. The smallest absolute Gasteiger partial charge is 0.428 e. The maximum atomic E-state index is 13.4. The molecule has 0 bridgehead atoms. The maximum absolute atomic E-state index is 13.4. The minimum Gasteiger partial charge on any atom is -0.428 e. The van der Waals surface area contributed by atoms with Crippen molar-refractivity contribution in [3.05, 3.63) is 128 Å². The lowest BCUT2D eigenvalue weighted by atomic mass is 9.68. The Labute approximate surface area is 439 Å². The minimum atomic E-state index is -0.946. The van der Waals surface area contributed by atoms with Gasteiger partial charge in [-0.15, -0.1) is 12.4 Å². The number of aryl methyl sites for hydroxylation is 4. The normalized spacial score (nSPS) is 14.5. The number of hydrazone groups is 1. The third-order valence-corrected chi connectivity index (χ3v) is 12.2. The Morgan fingerprint density at radius 2 is 1.05 bits per heavy atom. The van der Waals surface area contributed by atoms with Gasteiger partial charge in [-0.1, -0.05) is 46.5 Å². The number of fused-ring (bicyclic) bond motifs is 1. The number of nitrogens with zero attached hydrogens (tertiary/aromatic N) is 4. The summed E-state index contributed by atoms with van der Waals surface area (Å²) in [6, 6.07) is 21.4. The third-order valence-electron chi connectivity index (χ3n) is 12.2. The van der Waals surface area contributed by atoms with Gasteiger partial charge in [0, 0.05) is 39.9 Å². The number of amides is 4. The Kier molecular flexibility index (Phi) is 20.6. The summed E-state index contributed by atoms with van der Waals surface area (Å²) in [6.07, 6.45) is 2.39. The molecular weight excluding hydrogens is 946 g/mol. The Hall–Kier alpha value is -5.88. The van der Waals surface area contributed by atoms with Gasteiger partial charge in [-0.25, -0.2) is 10.0 Å². The Morgan fingerprint density at radius 1 is 0.671 bits per heavy atom. The SMILES string of the molecule is CC(C)NN.Cc1cc(C)cc(C(=O)N(NC(=O)c2ccc(C=O)c(B3OC(C)(C)C(C)(C)O3)c2)C(C)(C)C)c1.Cc1cc(C)cc(C(=O)N(NC(=O)c2ccc3c(c2)B(O)N(C(C)C)N=C3)C(C)(C)C)c1.Cl. The van der Waals surface area contributed by atoms with Crippen LogP contribution in [-0.4, -0.2) is 105 Å². The van der Waals surface area contributed by atoms with E-state index >= 15 is 0 Å². The molecular formula is C54H77B2ClN8O8. The summed E-state index contributed by atoms with van der Waals surface area (Å²) in [5.41, 5.74) is 13.3. The van der Waals surface area contributed by atoms with Crippen molar-refractivity contribution in [3.63, 3.8) is 0 Å². The van der Waals surface area contributed by atoms with Gasteiger partial charge in [-0.2, -0.15) is 5.10 Å². The molecule has 0 spiro atoms. The molecule has 2 heterocycles. The number of carbonyl (C=O) groups is 5. The molecule has 16 nitrogen and oxygen atoms in total. The van der Waals surface area contributed by atoms with Gasteiger partial charge in [0.05, 0.1) is 28.5 Å². The van der Waals surface area contributed by atoms with Crippen molar-refractivity contribution in [2.24, 2.45) is 10.9 Å². The summed E-state index contributed by atoms with van der Waals surface area (Å²) in [6.45, 7) is 34.4. The van der Waals surface area contributed by atoms with Crippen LogP contribution in [0.25, 0.3) is 0 Å². The van der Waals surface area contributed by atoms with Crippen LogP contribution >= 0.6 is 12.4 Å². The first kappa shape index (κ1) is 61.4. The highest BCUT2D eigenvalue weighted by Gasteiger charge is 2.52. The van der Waals surface area contributed by atoms with Crippen LogP contribution in [-0.2, 0) is 9.31 Å². The first-order valence-corrected chi connectivity index (χ1v) is 24.2. The van der Waals surface area contributed by atoms with E-state index in [1.165, 1.54) is 10.0 Å². The average molecular weight is 1020 g/mol. The lowest BCUT2D eigenvalue weighted by Crippen LogP contribution is -2.56. The number of halogens is 1. The van der Waals surface area contributed by atoms with Crippen LogP contribution < -0.4 is 33.0 Å². The molecule has 4 amide bonds. The fourth-order valence-corrected chi connectivity index (χ4v) is 7.64. The molecule has 6 N–H and O–H groups in total. The maximum Gasteiger partial charge on any atom is 0.495 e. The Bertz CT molecular complexity index is 2630. The summed E-state index contributed by atoms with van der Waals surface area (Å²) in [7, 11) is -1.75. The number of hydrazine groups is 3. The van der Waals surface area contributed by atoms with Crippen molar-refractivity contribution < 1.29 is 38.3 Å². The molecule has 0 aromatic heterocycles. The number of nitrogens with one attached hydrogen (secondary N) is 3. The van der Waals surface area contributed by atoms with Crippen LogP contribution in [0, 0.1) is 27.7 Å². The standard InChI is InChI=1S/C27H35BN2O5.C24H31BN4O3.C3H10N2.ClH/c1-17-12-18(2)14-21(13-17)24(33)30(25(3,4)5)29-23(32)19-10-11-20(16-31)22(15-19)28-34-26(6,7)27(8,9)35-28;1-15(2)29-25(32)21-13-18(8-9-19(21)14-26-29)22(30)27-28(24(5,6)7)23(31)20-11-16(3)10-17(4)12-20;1-3(2)5-4;/h10-16H,1-9H3,(H,29,32);8-15,32H,1-7H3,(H,27,30);3,5H,4H2,1-2H3;1H. The zero-order chi connectivity index (χ0) is 54.4. The van der Waals surface area contributed by atoms with Gasteiger partial charge in [0.25, 0.3) is 23.6 Å². The fraction of sp³-hybridized carbons (Fsp3) is 0.444. The topological polar surface area (TPSA) is 208 Å². The molecule has 0 saturated carbocycles. The minimum absolute atomic E-state index is 0. The van der Waals surface area contributed by atoms with Crippen molar-refractivity contribution in [1.82, 2.24) is 31.2 Å². The molecule has 6 rings (SSSR count). The molecule has 1 fully saturated rings. The highest BCUT2D eigenvalue weighted by atomic mass is 35.5. The van der Waals surface area contributed by atoms with Gasteiger partial charge >= 0.3 is 14.2 Å². The molecule has 2 aliphatic heterocycles. The van der Waals surface area contributed by atoms with Crippen molar-refractivity contribution in [1.29, 1.82) is 0 Å². The summed E-state index contributed by atoms with van der Waals surface area (Å²) in [5, 5.41) is 17.7. The van der Waals surface area contributed by atoms with Crippen molar-refractivity contribution in [2.75, 3.05) is 0 Å². The number of aldehydes is 1. The highest BCUT2D eigenvalue weighted by Crippen LogP contribution is 2.37. The van der Waals surface area contributed by atoms with Crippen LogP contribution in [0.5, 0.6) is 0 Å². The molecule has 0 aliphatic carbocycles. The van der Waals surface area contributed by atoms with Crippen molar-refractivity contribution >= 4 is 73.6 Å². The molecule has 4 aromatic carbocycles. The van der Waals surface area contributed by atoms with E-state index < -0.39 is 48.3 Å². The zero-order valence-corrected chi connectivity index (χ0v) is 46.8. The van der Waals surface area contributed by atoms with E-state index in [2.05, 4.69) is 21.4 Å². The summed E-state index contributed by atoms with van der Waals surface area (Å²) < 4.78 is 12.2. The van der Waals surface area contributed by atoms with E-state index in [0.29, 0.717) is 45.5 Å². The lowest BCUT2D eigenvalue weighted by Gasteiger charge is -2.36. The van der Waals surface area contributed by atoms with Crippen molar-refractivity contribution in [3.8, 4) is 0 Å². The molecule has 0 radical (unpaired) electrons. The molecule has 4 aromatic rings. The Balaban J connectivity index is 0.000000349. The molecule has 0 atom stereocenters. The fourth-order valence-electron chi connectivity index (χ4n) is 7.64. The quantitative estimate of drug-likeness (QED) is 0.0530. The van der Waals surface area contributed by atoms with E-state index in [1.54, 1.807) is 59.7 Å². The van der Waals surface area contributed by atoms with Crippen LogP contribution in [0.3, 0.4) is 0 Å². The largest absolute Gasteiger partial charge is 0.495 e.